The lowest BCUT2D eigenvalue weighted by Crippen LogP contribution is -2.36. The second-order valence-corrected chi connectivity index (χ2v) is 10.8. The number of carbonyl (C=O) groups is 1. The molecule has 1 saturated heterocycles. The maximum atomic E-state index is 12.8. The number of rotatable bonds is 8. The van der Waals surface area contributed by atoms with Gasteiger partial charge in [-0.2, -0.15) is 4.31 Å². The second kappa shape index (κ2) is 10.4. The SMILES string of the molecule is CC(C)C(Sc1ccc(S(=O)(=O)N2CCCCC2)cn1)C(=O)NCc1cccnc1. The Kier molecular flexibility index (Phi) is 7.85. The number of piperidine rings is 1. The number of aromatic nitrogens is 2. The average Bonchev–Trinajstić information content (AvgIpc) is 2.77. The highest BCUT2D eigenvalue weighted by atomic mass is 32.2. The van der Waals surface area contributed by atoms with Crippen molar-refractivity contribution in [2.45, 2.75) is 54.8 Å². The van der Waals surface area contributed by atoms with Crippen molar-refractivity contribution in [3.05, 3.63) is 48.4 Å². The summed E-state index contributed by atoms with van der Waals surface area (Å²) in [6.45, 7) is 5.50. The van der Waals surface area contributed by atoms with Gasteiger partial charge in [-0.05, 0) is 42.5 Å². The summed E-state index contributed by atoms with van der Waals surface area (Å²) in [5, 5.41) is 3.24. The number of pyridine rings is 2. The Morgan fingerprint density at radius 1 is 1.17 bits per heavy atom. The van der Waals surface area contributed by atoms with E-state index in [1.807, 2.05) is 26.0 Å². The Balaban J connectivity index is 1.64. The van der Waals surface area contributed by atoms with Gasteiger partial charge in [-0.15, -0.1) is 0 Å². The third-order valence-corrected chi connectivity index (χ3v) is 8.34. The molecule has 30 heavy (non-hydrogen) atoms. The zero-order valence-electron chi connectivity index (χ0n) is 17.3. The molecule has 162 valence electrons. The van der Waals surface area contributed by atoms with Crippen LogP contribution in [0.25, 0.3) is 0 Å². The Morgan fingerprint density at radius 3 is 2.53 bits per heavy atom. The maximum Gasteiger partial charge on any atom is 0.244 e. The monoisotopic (exact) mass is 448 g/mol. The predicted molar refractivity (Wildman–Crippen MR) is 117 cm³/mol. The molecule has 9 heteroatoms. The first-order valence-electron chi connectivity index (χ1n) is 10.2. The number of amides is 1. The van der Waals surface area contributed by atoms with E-state index in [-0.39, 0.29) is 22.0 Å². The Labute approximate surface area is 182 Å². The van der Waals surface area contributed by atoms with E-state index in [2.05, 4.69) is 15.3 Å². The normalized spacial score (nSPS) is 16.4. The van der Waals surface area contributed by atoms with Gasteiger partial charge in [0.05, 0.1) is 10.3 Å². The highest BCUT2D eigenvalue weighted by Gasteiger charge is 2.27. The molecule has 2 aromatic heterocycles. The van der Waals surface area contributed by atoms with E-state index in [0.29, 0.717) is 24.7 Å². The van der Waals surface area contributed by atoms with Crippen LogP contribution in [0.2, 0.25) is 0 Å². The first kappa shape index (κ1) is 22.7. The van der Waals surface area contributed by atoms with Crippen molar-refractivity contribution in [1.82, 2.24) is 19.6 Å². The third-order valence-electron chi connectivity index (χ3n) is 4.96. The summed E-state index contributed by atoms with van der Waals surface area (Å²) in [6, 6.07) is 7.02. The third kappa shape index (κ3) is 5.80. The van der Waals surface area contributed by atoms with Gasteiger partial charge < -0.3 is 5.32 Å². The quantitative estimate of drug-likeness (QED) is 0.624. The number of sulfonamides is 1. The van der Waals surface area contributed by atoms with E-state index in [1.165, 1.54) is 22.3 Å². The maximum absolute atomic E-state index is 12.8. The fourth-order valence-corrected chi connectivity index (χ4v) is 5.70. The zero-order chi connectivity index (χ0) is 21.6. The minimum atomic E-state index is -3.50. The number of hydrogen-bond acceptors (Lipinski definition) is 6. The summed E-state index contributed by atoms with van der Waals surface area (Å²) in [7, 11) is -3.50. The molecule has 1 unspecified atom stereocenters. The molecule has 3 heterocycles. The lowest BCUT2D eigenvalue weighted by molar-refractivity contribution is -0.121. The highest BCUT2D eigenvalue weighted by molar-refractivity contribution is 8.00. The van der Waals surface area contributed by atoms with Crippen molar-refractivity contribution in [3.63, 3.8) is 0 Å². The Morgan fingerprint density at radius 2 is 1.93 bits per heavy atom. The van der Waals surface area contributed by atoms with E-state index >= 15 is 0 Å². The fourth-order valence-electron chi connectivity index (χ4n) is 3.26. The molecule has 0 bridgehead atoms. The Bertz CT molecular complexity index is 928. The molecule has 1 N–H and O–H groups in total. The number of thioether (sulfide) groups is 1. The molecule has 0 aliphatic carbocycles. The minimum Gasteiger partial charge on any atom is -0.351 e. The predicted octanol–water partition coefficient (Wildman–Crippen LogP) is 3.08. The van der Waals surface area contributed by atoms with Crippen LogP contribution in [0.5, 0.6) is 0 Å². The smallest absolute Gasteiger partial charge is 0.244 e. The van der Waals surface area contributed by atoms with E-state index in [0.717, 1.165) is 24.8 Å². The van der Waals surface area contributed by atoms with Crippen molar-refractivity contribution in [3.8, 4) is 0 Å². The van der Waals surface area contributed by atoms with Gasteiger partial charge in [0, 0.05) is 38.2 Å². The molecule has 1 aliphatic heterocycles. The molecule has 1 amide bonds. The summed E-state index contributed by atoms with van der Waals surface area (Å²) in [6.07, 6.45) is 7.67. The topological polar surface area (TPSA) is 92.3 Å². The van der Waals surface area contributed by atoms with Crippen LogP contribution in [0.3, 0.4) is 0 Å². The van der Waals surface area contributed by atoms with Crippen molar-refractivity contribution < 1.29 is 13.2 Å². The van der Waals surface area contributed by atoms with Crippen LogP contribution in [-0.4, -0.2) is 46.9 Å². The van der Waals surface area contributed by atoms with Gasteiger partial charge >= 0.3 is 0 Å². The van der Waals surface area contributed by atoms with Crippen LogP contribution in [0.15, 0.2) is 52.8 Å². The first-order valence-corrected chi connectivity index (χ1v) is 12.5. The van der Waals surface area contributed by atoms with E-state index < -0.39 is 10.0 Å². The summed E-state index contributed by atoms with van der Waals surface area (Å²) >= 11 is 1.35. The van der Waals surface area contributed by atoms with Gasteiger partial charge in [0.15, 0.2) is 0 Å². The number of hydrogen-bond donors (Lipinski definition) is 1. The summed E-state index contributed by atoms with van der Waals surface area (Å²) in [5.74, 6) is 0.00752. The molecule has 7 nitrogen and oxygen atoms in total. The standard InChI is InChI=1S/C21H28N4O3S2/c1-16(2)20(21(26)24-14-17-7-6-10-22-13-17)29-19-9-8-18(15-23-19)30(27,28)25-11-4-3-5-12-25/h6-10,13,15-16,20H,3-5,11-12,14H2,1-2H3,(H,24,26). The minimum absolute atomic E-state index is 0.0781. The summed E-state index contributed by atoms with van der Waals surface area (Å²) in [4.78, 5) is 21.3. The fraction of sp³-hybridized carbons (Fsp3) is 0.476. The van der Waals surface area contributed by atoms with Crippen LogP contribution < -0.4 is 5.32 Å². The van der Waals surface area contributed by atoms with Crippen molar-refractivity contribution >= 4 is 27.7 Å². The molecule has 1 aliphatic rings. The largest absolute Gasteiger partial charge is 0.351 e. The molecular weight excluding hydrogens is 420 g/mol. The molecule has 0 saturated carbocycles. The molecule has 1 fully saturated rings. The molecule has 2 aromatic rings. The van der Waals surface area contributed by atoms with Gasteiger partial charge in [-0.1, -0.05) is 38.1 Å². The van der Waals surface area contributed by atoms with Crippen LogP contribution in [0.1, 0.15) is 38.7 Å². The highest BCUT2D eigenvalue weighted by Crippen LogP contribution is 2.28. The summed E-state index contributed by atoms with van der Waals surface area (Å²) < 4.78 is 27.1. The first-order chi connectivity index (χ1) is 14.4. The molecule has 0 radical (unpaired) electrons. The van der Waals surface area contributed by atoms with Crippen LogP contribution in [-0.2, 0) is 21.4 Å². The Hall–Kier alpha value is -1.97. The van der Waals surface area contributed by atoms with Gasteiger partial charge in [-0.25, -0.2) is 13.4 Å². The second-order valence-electron chi connectivity index (χ2n) is 7.66. The molecule has 1 atom stereocenters. The summed E-state index contributed by atoms with van der Waals surface area (Å²) in [5.41, 5.74) is 0.934. The van der Waals surface area contributed by atoms with Gasteiger partial charge in [0.1, 0.15) is 4.90 Å². The van der Waals surface area contributed by atoms with Gasteiger partial charge in [0.25, 0.3) is 0 Å². The molecule has 0 aromatic carbocycles. The van der Waals surface area contributed by atoms with Crippen molar-refractivity contribution in [1.29, 1.82) is 0 Å². The van der Waals surface area contributed by atoms with Crippen molar-refractivity contribution in [2.75, 3.05) is 13.1 Å². The number of nitrogens with zero attached hydrogens (tertiary/aromatic N) is 3. The van der Waals surface area contributed by atoms with Crippen LogP contribution in [0.4, 0.5) is 0 Å². The lowest BCUT2D eigenvalue weighted by atomic mass is 10.1. The van der Waals surface area contributed by atoms with E-state index in [4.69, 9.17) is 0 Å². The molecular formula is C21H28N4O3S2. The van der Waals surface area contributed by atoms with Crippen LogP contribution in [0, 0.1) is 5.92 Å². The van der Waals surface area contributed by atoms with Crippen molar-refractivity contribution in [2.24, 2.45) is 5.92 Å². The van der Waals surface area contributed by atoms with Gasteiger partial charge in [-0.3, -0.25) is 9.78 Å². The zero-order valence-corrected chi connectivity index (χ0v) is 19.0. The molecule has 3 rings (SSSR count). The van der Waals surface area contributed by atoms with E-state index in [9.17, 15) is 13.2 Å². The number of carbonyl (C=O) groups excluding carboxylic acids is 1. The van der Waals surface area contributed by atoms with Gasteiger partial charge in [0.2, 0.25) is 15.9 Å². The van der Waals surface area contributed by atoms with Crippen LogP contribution >= 0.6 is 11.8 Å². The number of nitrogens with one attached hydrogen (secondary N) is 1. The average molecular weight is 449 g/mol. The van der Waals surface area contributed by atoms with E-state index in [1.54, 1.807) is 24.5 Å². The lowest BCUT2D eigenvalue weighted by Gasteiger charge is -2.25. The molecule has 0 spiro atoms.